The van der Waals surface area contributed by atoms with E-state index in [0.717, 1.165) is 37.1 Å². The number of hydrogen-bond acceptors (Lipinski definition) is 4. The number of nitriles is 1. The van der Waals surface area contributed by atoms with Gasteiger partial charge in [0.25, 0.3) is 0 Å². The molecule has 1 fully saturated rings. The van der Waals surface area contributed by atoms with E-state index in [9.17, 15) is 5.26 Å². The van der Waals surface area contributed by atoms with Gasteiger partial charge in [-0.1, -0.05) is 18.2 Å². The van der Waals surface area contributed by atoms with Crippen molar-refractivity contribution in [2.45, 2.75) is 6.42 Å². The first kappa shape index (κ1) is 11.9. The molecule has 0 spiro atoms. The van der Waals surface area contributed by atoms with Crippen LogP contribution in [0, 0.1) is 17.2 Å². The molecule has 0 amide bonds. The van der Waals surface area contributed by atoms with E-state index >= 15 is 0 Å². The topological polar surface area (TPSA) is 57.9 Å². The van der Waals surface area contributed by atoms with Crippen LogP contribution in [-0.4, -0.2) is 24.7 Å². The average molecular weight is 253 g/mol. The fourth-order valence-electron chi connectivity index (χ4n) is 2.32. The highest BCUT2D eigenvalue weighted by Gasteiger charge is 2.16. The zero-order valence-electron chi connectivity index (χ0n) is 10.6. The molecule has 0 bridgehead atoms. The summed E-state index contributed by atoms with van der Waals surface area (Å²) in [4.78, 5) is 4.53. The van der Waals surface area contributed by atoms with Gasteiger partial charge in [-0.15, -0.1) is 0 Å². The lowest BCUT2D eigenvalue weighted by Crippen LogP contribution is -2.15. The predicted octanol–water partition coefficient (Wildman–Crippen LogP) is 2.55. The lowest BCUT2D eigenvalue weighted by molar-refractivity contribution is 0.187. The normalized spacial score (nSPS) is 18.4. The number of aromatic nitrogens is 1. The second kappa shape index (κ2) is 5.25. The van der Waals surface area contributed by atoms with E-state index in [0.29, 0.717) is 17.3 Å². The zero-order valence-corrected chi connectivity index (χ0v) is 10.6. The number of ether oxygens (including phenoxy) is 1. The van der Waals surface area contributed by atoms with Gasteiger partial charge in [-0.2, -0.15) is 5.26 Å². The van der Waals surface area contributed by atoms with E-state index in [1.165, 1.54) is 0 Å². The highest BCUT2D eigenvalue weighted by atomic mass is 16.5. The lowest BCUT2D eigenvalue weighted by Gasteiger charge is -2.12. The molecule has 1 unspecified atom stereocenters. The molecule has 2 aromatic rings. The van der Waals surface area contributed by atoms with Crippen molar-refractivity contribution in [2.24, 2.45) is 5.92 Å². The van der Waals surface area contributed by atoms with Gasteiger partial charge < -0.3 is 10.1 Å². The van der Waals surface area contributed by atoms with E-state index in [1.807, 2.05) is 30.3 Å². The Balaban J connectivity index is 1.86. The molecule has 4 heteroatoms. The molecule has 0 radical (unpaired) electrons. The molecule has 1 saturated heterocycles. The number of anilines is 1. The quantitative estimate of drug-likeness (QED) is 0.913. The molecule has 3 rings (SSSR count). The van der Waals surface area contributed by atoms with Gasteiger partial charge in [-0.05, 0) is 18.6 Å². The third-order valence-corrected chi connectivity index (χ3v) is 3.43. The molecule has 1 aliphatic rings. The molecule has 96 valence electrons. The van der Waals surface area contributed by atoms with Crippen LogP contribution in [0.1, 0.15) is 12.0 Å². The number of nitrogens with one attached hydrogen (secondary N) is 1. The molecule has 4 nitrogen and oxygen atoms in total. The number of hydrogen-bond donors (Lipinski definition) is 1. The minimum atomic E-state index is 0.514. The van der Waals surface area contributed by atoms with Crippen molar-refractivity contribution < 1.29 is 4.74 Å². The maximum atomic E-state index is 9.22. The van der Waals surface area contributed by atoms with Gasteiger partial charge in [-0.3, -0.25) is 0 Å². The fourth-order valence-corrected chi connectivity index (χ4v) is 2.32. The second-order valence-corrected chi connectivity index (χ2v) is 4.80. The number of para-hydroxylation sites is 1. The summed E-state index contributed by atoms with van der Waals surface area (Å²) in [5.41, 5.74) is 1.50. The van der Waals surface area contributed by atoms with Gasteiger partial charge in [-0.25, -0.2) is 4.98 Å². The second-order valence-electron chi connectivity index (χ2n) is 4.80. The summed E-state index contributed by atoms with van der Waals surface area (Å²) >= 11 is 0. The molecule has 19 heavy (non-hydrogen) atoms. The minimum absolute atomic E-state index is 0.514. The van der Waals surface area contributed by atoms with Crippen molar-refractivity contribution in [3.8, 4) is 6.07 Å². The molecular formula is C15H15N3O. The Kier molecular flexibility index (Phi) is 3.30. The smallest absolute Gasteiger partial charge is 0.144 e. The van der Waals surface area contributed by atoms with Gasteiger partial charge in [0.05, 0.1) is 17.7 Å². The third kappa shape index (κ3) is 2.51. The van der Waals surface area contributed by atoms with Gasteiger partial charge in [0.1, 0.15) is 11.9 Å². The number of nitrogens with zero attached hydrogens (tertiary/aromatic N) is 2. The lowest BCUT2D eigenvalue weighted by atomic mass is 10.1. The van der Waals surface area contributed by atoms with Crippen LogP contribution in [0.2, 0.25) is 0 Å². The van der Waals surface area contributed by atoms with Crippen LogP contribution in [0.25, 0.3) is 10.9 Å². The van der Waals surface area contributed by atoms with Crippen molar-refractivity contribution in [2.75, 3.05) is 25.1 Å². The number of fused-ring (bicyclic) bond motifs is 1. The number of benzene rings is 1. The van der Waals surface area contributed by atoms with Crippen molar-refractivity contribution in [1.29, 1.82) is 5.26 Å². The Bertz CT molecular complexity index is 627. The summed E-state index contributed by atoms with van der Waals surface area (Å²) in [6.07, 6.45) is 1.07. The molecule has 2 heterocycles. The molecule has 1 aromatic carbocycles. The van der Waals surface area contributed by atoms with Gasteiger partial charge in [0, 0.05) is 24.5 Å². The Morgan fingerprint density at radius 2 is 2.32 bits per heavy atom. The average Bonchev–Trinajstić information content (AvgIpc) is 2.97. The van der Waals surface area contributed by atoms with Crippen LogP contribution in [0.4, 0.5) is 5.82 Å². The van der Waals surface area contributed by atoms with E-state index < -0.39 is 0 Å². The van der Waals surface area contributed by atoms with E-state index in [-0.39, 0.29) is 0 Å². The number of rotatable bonds is 3. The van der Waals surface area contributed by atoms with Gasteiger partial charge in [0.15, 0.2) is 0 Å². The molecule has 0 saturated carbocycles. The monoisotopic (exact) mass is 253 g/mol. The molecule has 0 aliphatic carbocycles. The maximum absolute atomic E-state index is 9.22. The van der Waals surface area contributed by atoms with E-state index in [2.05, 4.69) is 16.4 Å². The van der Waals surface area contributed by atoms with Crippen LogP contribution in [0.5, 0.6) is 0 Å². The van der Waals surface area contributed by atoms with Crippen LogP contribution < -0.4 is 5.32 Å². The third-order valence-electron chi connectivity index (χ3n) is 3.43. The van der Waals surface area contributed by atoms with Gasteiger partial charge >= 0.3 is 0 Å². The summed E-state index contributed by atoms with van der Waals surface area (Å²) in [6, 6.07) is 11.9. The van der Waals surface area contributed by atoms with Crippen molar-refractivity contribution in [1.82, 2.24) is 4.98 Å². The Morgan fingerprint density at radius 3 is 3.11 bits per heavy atom. The van der Waals surface area contributed by atoms with Crippen LogP contribution in [-0.2, 0) is 4.74 Å². The van der Waals surface area contributed by atoms with E-state index in [1.54, 1.807) is 0 Å². The van der Waals surface area contributed by atoms with Crippen molar-refractivity contribution in [3.05, 3.63) is 35.9 Å². The molecule has 1 aliphatic heterocycles. The summed E-state index contributed by atoms with van der Waals surface area (Å²) in [6.45, 7) is 2.44. The standard InChI is InChI=1S/C15H15N3O/c16-8-13-7-12-3-1-2-4-14(12)18-15(13)17-9-11-5-6-19-10-11/h1-4,7,11H,5-6,9-10H2,(H,17,18). The SMILES string of the molecule is N#Cc1cc2ccccc2nc1NCC1CCOC1. The largest absolute Gasteiger partial charge is 0.381 e. The fraction of sp³-hybridized carbons (Fsp3) is 0.333. The first-order valence-electron chi connectivity index (χ1n) is 6.48. The molecule has 1 aromatic heterocycles. The van der Waals surface area contributed by atoms with E-state index in [4.69, 9.17) is 4.74 Å². The molecular weight excluding hydrogens is 238 g/mol. The molecule has 1 N–H and O–H groups in total. The van der Waals surface area contributed by atoms with Crippen LogP contribution >= 0.6 is 0 Å². The Labute approximate surface area is 112 Å². The zero-order chi connectivity index (χ0) is 13.1. The summed E-state index contributed by atoms with van der Waals surface area (Å²) in [5.74, 6) is 1.19. The highest BCUT2D eigenvalue weighted by molar-refractivity contribution is 5.82. The Hall–Kier alpha value is -2.12. The number of pyridine rings is 1. The summed E-state index contributed by atoms with van der Waals surface area (Å²) in [5, 5.41) is 13.5. The highest BCUT2D eigenvalue weighted by Crippen LogP contribution is 2.21. The molecule has 1 atom stereocenters. The first-order chi connectivity index (χ1) is 9.36. The predicted molar refractivity (Wildman–Crippen MR) is 73.9 cm³/mol. The van der Waals surface area contributed by atoms with Crippen molar-refractivity contribution in [3.63, 3.8) is 0 Å². The first-order valence-corrected chi connectivity index (χ1v) is 6.48. The van der Waals surface area contributed by atoms with Gasteiger partial charge in [0.2, 0.25) is 0 Å². The minimum Gasteiger partial charge on any atom is -0.381 e. The summed E-state index contributed by atoms with van der Waals surface area (Å²) < 4.78 is 5.35. The van der Waals surface area contributed by atoms with Crippen LogP contribution in [0.15, 0.2) is 30.3 Å². The maximum Gasteiger partial charge on any atom is 0.144 e. The summed E-state index contributed by atoms with van der Waals surface area (Å²) in [7, 11) is 0. The Morgan fingerprint density at radius 1 is 1.42 bits per heavy atom. The van der Waals surface area contributed by atoms with Crippen LogP contribution in [0.3, 0.4) is 0 Å². The van der Waals surface area contributed by atoms with Crippen molar-refractivity contribution >= 4 is 16.7 Å².